The summed E-state index contributed by atoms with van der Waals surface area (Å²) in [5, 5.41) is 0. The van der Waals surface area contributed by atoms with E-state index < -0.39 is 0 Å². The molecule has 14 heavy (non-hydrogen) atoms. The van der Waals surface area contributed by atoms with Gasteiger partial charge in [0.15, 0.2) is 0 Å². The van der Waals surface area contributed by atoms with Gasteiger partial charge in [-0.15, -0.1) is 0 Å². The summed E-state index contributed by atoms with van der Waals surface area (Å²) in [4.78, 5) is 4.29. The van der Waals surface area contributed by atoms with Gasteiger partial charge in [-0.1, -0.05) is 36.4 Å². The maximum Gasteiger partial charge on any atom is 0.0478 e. The average molecular weight is 182 g/mol. The molecule has 0 spiro atoms. The van der Waals surface area contributed by atoms with E-state index in [-0.39, 0.29) is 5.92 Å². The summed E-state index contributed by atoms with van der Waals surface area (Å²) in [5.41, 5.74) is 2.21. The Labute approximate surface area is 84.4 Å². The minimum atomic E-state index is 0.123. The van der Waals surface area contributed by atoms with Gasteiger partial charge in [0.05, 0.1) is 0 Å². The lowest BCUT2D eigenvalue weighted by Crippen LogP contribution is -1.98. The first kappa shape index (κ1) is 8.95. The summed E-state index contributed by atoms with van der Waals surface area (Å²) >= 11 is 0. The Hall–Kier alpha value is -1.63. The highest BCUT2D eigenvalue weighted by Crippen LogP contribution is 2.20. The Morgan fingerprint density at radius 3 is 2.29 bits per heavy atom. The van der Waals surface area contributed by atoms with E-state index in [0.29, 0.717) is 0 Å². The van der Waals surface area contributed by atoms with Gasteiger partial charge in [0, 0.05) is 17.8 Å². The molecule has 1 radical (unpaired) electrons. The van der Waals surface area contributed by atoms with Crippen LogP contribution in [0, 0.1) is 6.92 Å². The van der Waals surface area contributed by atoms with Crippen LogP contribution in [0.1, 0.15) is 17.2 Å². The minimum absolute atomic E-state index is 0.123. The van der Waals surface area contributed by atoms with Crippen LogP contribution in [0.5, 0.6) is 0 Å². The molecule has 0 aliphatic heterocycles. The van der Waals surface area contributed by atoms with Crippen molar-refractivity contribution in [2.24, 2.45) is 0 Å². The predicted octanol–water partition coefficient (Wildman–Crippen LogP) is 3.05. The fourth-order valence-electron chi connectivity index (χ4n) is 1.44. The SMILES string of the molecule is [CH2]C(c1ccccc1)c1ccccn1. The molecule has 0 aliphatic rings. The van der Waals surface area contributed by atoms with Gasteiger partial charge >= 0.3 is 0 Å². The third-order valence-corrected chi connectivity index (χ3v) is 2.25. The first-order chi connectivity index (χ1) is 6.88. The standard InChI is InChI=1S/C13H12N/c1-11(12-7-3-2-4-8-12)13-9-5-6-10-14-13/h2-11H,1H2. The first-order valence-electron chi connectivity index (χ1n) is 4.67. The lowest BCUT2D eigenvalue weighted by molar-refractivity contribution is 0.952. The van der Waals surface area contributed by atoms with E-state index in [9.17, 15) is 0 Å². The summed E-state index contributed by atoms with van der Waals surface area (Å²) < 4.78 is 0. The second-order valence-electron chi connectivity index (χ2n) is 3.22. The lowest BCUT2D eigenvalue weighted by Gasteiger charge is -2.10. The van der Waals surface area contributed by atoms with Gasteiger partial charge < -0.3 is 0 Å². The maximum atomic E-state index is 4.29. The van der Waals surface area contributed by atoms with Crippen molar-refractivity contribution in [1.82, 2.24) is 4.98 Å². The monoisotopic (exact) mass is 182 g/mol. The molecule has 0 fully saturated rings. The van der Waals surface area contributed by atoms with Crippen LogP contribution in [-0.4, -0.2) is 4.98 Å². The van der Waals surface area contributed by atoms with Crippen molar-refractivity contribution in [3.8, 4) is 0 Å². The summed E-state index contributed by atoms with van der Waals surface area (Å²) in [6, 6.07) is 16.1. The van der Waals surface area contributed by atoms with Crippen molar-refractivity contribution in [3.63, 3.8) is 0 Å². The third-order valence-electron chi connectivity index (χ3n) is 2.25. The van der Waals surface area contributed by atoms with Crippen molar-refractivity contribution >= 4 is 0 Å². The highest BCUT2D eigenvalue weighted by Gasteiger charge is 2.07. The summed E-state index contributed by atoms with van der Waals surface area (Å²) in [7, 11) is 0. The van der Waals surface area contributed by atoms with Crippen molar-refractivity contribution in [2.45, 2.75) is 5.92 Å². The van der Waals surface area contributed by atoms with Gasteiger partial charge in [-0.05, 0) is 24.6 Å². The lowest BCUT2D eigenvalue weighted by atomic mass is 9.97. The minimum Gasteiger partial charge on any atom is -0.261 e. The van der Waals surface area contributed by atoms with Crippen LogP contribution in [0.2, 0.25) is 0 Å². The second kappa shape index (κ2) is 4.05. The first-order valence-corrected chi connectivity index (χ1v) is 4.67. The summed E-state index contributed by atoms with van der Waals surface area (Å²) in [5.74, 6) is 0.123. The fraction of sp³-hybridized carbons (Fsp3) is 0.0769. The number of nitrogens with zero attached hydrogens (tertiary/aromatic N) is 1. The molecule has 0 aliphatic carbocycles. The van der Waals surface area contributed by atoms with E-state index in [0.717, 1.165) is 5.69 Å². The van der Waals surface area contributed by atoms with Crippen molar-refractivity contribution in [2.75, 3.05) is 0 Å². The van der Waals surface area contributed by atoms with Crippen LogP contribution in [0.4, 0.5) is 0 Å². The molecule has 0 saturated heterocycles. The highest BCUT2D eigenvalue weighted by molar-refractivity contribution is 5.29. The molecular weight excluding hydrogens is 170 g/mol. The van der Waals surface area contributed by atoms with Gasteiger partial charge in [-0.3, -0.25) is 4.98 Å². The van der Waals surface area contributed by atoms with Gasteiger partial charge in [0.2, 0.25) is 0 Å². The summed E-state index contributed by atoms with van der Waals surface area (Å²) in [6.45, 7) is 4.12. The van der Waals surface area contributed by atoms with E-state index in [1.54, 1.807) is 6.20 Å². The zero-order chi connectivity index (χ0) is 9.80. The van der Waals surface area contributed by atoms with Gasteiger partial charge in [-0.25, -0.2) is 0 Å². The van der Waals surface area contributed by atoms with E-state index in [1.807, 2.05) is 36.4 Å². The zero-order valence-electron chi connectivity index (χ0n) is 7.93. The predicted molar refractivity (Wildman–Crippen MR) is 57.9 cm³/mol. The van der Waals surface area contributed by atoms with Gasteiger partial charge in [-0.2, -0.15) is 0 Å². The molecule has 1 aromatic carbocycles. The number of aromatic nitrogens is 1. The van der Waals surface area contributed by atoms with E-state index in [1.165, 1.54) is 5.56 Å². The smallest absolute Gasteiger partial charge is 0.0478 e. The fourth-order valence-corrected chi connectivity index (χ4v) is 1.44. The Kier molecular flexibility index (Phi) is 2.59. The van der Waals surface area contributed by atoms with Crippen LogP contribution in [-0.2, 0) is 0 Å². The largest absolute Gasteiger partial charge is 0.261 e. The number of hydrogen-bond acceptors (Lipinski definition) is 1. The molecule has 0 saturated carbocycles. The molecule has 1 nitrogen and oxygen atoms in total. The zero-order valence-corrected chi connectivity index (χ0v) is 7.93. The molecule has 0 amide bonds. The van der Waals surface area contributed by atoms with Crippen LogP contribution in [0.3, 0.4) is 0 Å². The van der Waals surface area contributed by atoms with E-state index in [2.05, 4.69) is 24.0 Å². The third kappa shape index (κ3) is 1.82. The quantitative estimate of drug-likeness (QED) is 0.695. The molecule has 1 unspecified atom stereocenters. The van der Waals surface area contributed by atoms with Crippen LogP contribution in [0.15, 0.2) is 54.7 Å². The second-order valence-corrected chi connectivity index (χ2v) is 3.22. The molecule has 1 aromatic heterocycles. The Balaban J connectivity index is 2.30. The molecule has 0 bridgehead atoms. The Morgan fingerprint density at radius 1 is 0.929 bits per heavy atom. The molecule has 1 atom stereocenters. The Morgan fingerprint density at radius 2 is 1.64 bits per heavy atom. The van der Waals surface area contributed by atoms with Crippen molar-refractivity contribution < 1.29 is 0 Å². The van der Waals surface area contributed by atoms with Crippen LogP contribution >= 0.6 is 0 Å². The van der Waals surface area contributed by atoms with E-state index in [4.69, 9.17) is 0 Å². The topological polar surface area (TPSA) is 12.9 Å². The maximum absolute atomic E-state index is 4.29. The molecule has 1 heterocycles. The average Bonchev–Trinajstić information content (AvgIpc) is 2.30. The van der Waals surface area contributed by atoms with Gasteiger partial charge in [0.25, 0.3) is 0 Å². The van der Waals surface area contributed by atoms with Crippen LogP contribution in [0.25, 0.3) is 0 Å². The van der Waals surface area contributed by atoms with Crippen molar-refractivity contribution in [1.29, 1.82) is 0 Å². The molecular formula is C13H12N. The normalized spacial score (nSPS) is 12.4. The van der Waals surface area contributed by atoms with Crippen LogP contribution < -0.4 is 0 Å². The van der Waals surface area contributed by atoms with Crippen molar-refractivity contribution in [3.05, 3.63) is 72.9 Å². The number of pyridine rings is 1. The molecule has 1 heteroatoms. The highest BCUT2D eigenvalue weighted by atomic mass is 14.7. The molecule has 69 valence electrons. The number of benzene rings is 1. The molecule has 2 aromatic rings. The Bertz CT molecular complexity index is 341. The molecule has 0 N–H and O–H groups in total. The summed E-state index contributed by atoms with van der Waals surface area (Å²) in [6.07, 6.45) is 1.80. The number of rotatable bonds is 2. The molecule has 2 rings (SSSR count). The van der Waals surface area contributed by atoms with E-state index >= 15 is 0 Å². The number of hydrogen-bond donors (Lipinski definition) is 0. The van der Waals surface area contributed by atoms with Gasteiger partial charge in [0.1, 0.15) is 0 Å².